The lowest BCUT2D eigenvalue weighted by Gasteiger charge is -1.96. The molecule has 0 saturated heterocycles. The van der Waals surface area contributed by atoms with E-state index in [-0.39, 0.29) is 24.0 Å². The molecule has 0 amide bonds. The number of aryl methyl sites for hydroxylation is 1. The average molecular weight is 395 g/mol. The number of halogens is 1. The fraction of sp³-hybridized carbons (Fsp3) is 0.118. The van der Waals surface area contributed by atoms with Gasteiger partial charge < -0.3 is 24.0 Å². The smallest absolute Gasteiger partial charge is 0.224 e. The second-order valence-electron chi connectivity index (χ2n) is 4.36. The molecule has 1 heterocycles. The van der Waals surface area contributed by atoms with Gasteiger partial charge in [-0.15, -0.1) is 0 Å². The van der Waals surface area contributed by atoms with Crippen molar-refractivity contribution in [1.29, 1.82) is 0 Å². The van der Waals surface area contributed by atoms with Crippen molar-refractivity contribution < 1.29 is 28.5 Å². The van der Waals surface area contributed by atoms with Crippen LogP contribution in [0.5, 0.6) is 0 Å². The topological polar surface area (TPSA) is 3.88 Å². The van der Waals surface area contributed by atoms with Crippen LogP contribution in [0.1, 0.15) is 5.56 Å². The van der Waals surface area contributed by atoms with E-state index in [1.807, 2.05) is 17.7 Å². The summed E-state index contributed by atoms with van der Waals surface area (Å²) in [4.78, 5) is 0. The Kier molecular flexibility index (Phi) is 7.47. The van der Waals surface area contributed by atoms with Crippen LogP contribution in [0.25, 0.3) is 10.8 Å². The van der Waals surface area contributed by atoms with Crippen LogP contribution in [-0.4, -0.2) is 0 Å². The summed E-state index contributed by atoms with van der Waals surface area (Å²) >= 11 is 1.69. The third-order valence-corrected chi connectivity index (χ3v) is 3.44. The van der Waals surface area contributed by atoms with E-state index >= 15 is 0 Å². The molecule has 0 aliphatic rings. The van der Waals surface area contributed by atoms with Crippen molar-refractivity contribution in [3.05, 3.63) is 77.8 Å². The van der Waals surface area contributed by atoms with Crippen LogP contribution >= 0.6 is 11.3 Å². The van der Waals surface area contributed by atoms with Crippen molar-refractivity contribution in [2.75, 3.05) is 0 Å². The highest BCUT2D eigenvalue weighted by atomic mass is 127. The van der Waals surface area contributed by atoms with Gasteiger partial charge in [-0.3, -0.25) is 0 Å². The van der Waals surface area contributed by atoms with Gasteiger partial charge in [0.1, 0.15) is 0 Å². The number of benzene rings is 2. The van der Waals surface area contributed by atoms with Crippen LogP contribution in [0, 0.1) is 6.92 Å². The second-order valence-corrected chi connectivity index (χ2v) is 5.12. The molecular weight excluding hydrogens is 377 g/mol. The lowest BCUT2D eigenvalue weighted by Crippen LogP contribution is -3.00. The number of allylic oxidation sites excluding steroid dienone is 1. The molecule has 1 nitrogen and oxygen atoms in total. The monoisotopic (exact) mass is 395 g/mol. The van der Waals surface area contributed by atoms with Crippen molar-refractivity contribution in [3.63, 3.8) is 0 Å². The summed E-state index contributed by atoms with van der Waals surface area (Å²) in [6.45, 7) is 6.66. The molecule has 0 N–H and O–H groups in total. The number of hydrogen-bond donors (Lipinski definition) is 0. The number of aromatic nitrogens is 1. The van der Waals surface area contributed by atoms with Crippen LogP contribution < -0.4 is 28.5 Å². The van der Waals surface area contributed by atoms with Crippen molar-refractivity contribution in [1.82, 2.24) is 0 Å². The zero-order valence-corrected chi connectivity index (χ0v) is 14.5. The molecular formula is C17H18INS. The van der Waals surface area contributed by atoms with Crippen LogP contribution in [-0.2, 0) is 6.54 Å². The fourth-order valence-electron chi connectivity index (χ4n) is 1.82. The minimum absolute atomic E-state index is 0. The van der Waals surface area contributed by atoms with Gasteiger partial charge >= 0.3 is 0 Å². The standard InChI is InChI=1S/C11H10.C6H8NS.HI/c1-9-6-7-10-4-2-3-5-11(10)8-9;1-2-3-7-4-5-8-6-7;/h2-8H,1H3;2,4-6H,1,3H2;1H/q;+1;/p-1. The quantitative estimate of drug-likeness (QED) is 0.351. The SMILES string of the molecule is C=CC[n+]1ccsc1.Cc1ccc2ccccc2c1.[I-]. The summed E-state index contributed by atoms with van der Waals surface area (Å²) in [7, 11) is 0. The largest absolute Gasteiger partial charge is 1.00 e. The van der Waals surface area contributed by atoms with E-state index in [1.165, 1.54) is 16.3 Å². The molecule has 0 aliphatic carbocycles. The Hall–Kier alpha value is -1.20. The van der Waals surface area contributed by atoms with Gasteiger partial charge in [0.15, 0.2) is 12.7 Å². The Morgan fingerprint density at radius 3 is 2.55 bits per heavy atom. The molecule has 0 fully saturated rings. The van der Waals surface area contributed by atoms with Gasteiger partial charge in [0.05, 0.1) is 5.38 Å². The van der Waals surface area contributed by atoms with Gasteiger partial charge in [-0.25, -0.2) is 0 Å². The van der Waals surface area contributed by atoms with Crippen molar-refractivity contribution in [3.8, 4) is 0 Å². The molecule has 20 heavy (non-hydrogen) atoms. The molecule has 0 bridgehead atoms. The summed E-state index contributed by atoms with van der Waals surface area (Å²) in [5, 5.41) is 4.69. The molecule has 0 spiro atoms. The van der Waals surface area contributed by atoms with Crippen LogP contribution in [0.4, 0.5) is 0 Å². The van der Waals surface area contributed by atoms with E-state index in [0.29, 0.717) is 0 Å². The molecule has 0 atom stereocenters. The highest BCUT2D eigenvalue weighted by Crippen LogP contribution is 2.14. The molecule has 3 aromatic rings. The van der Waals surface area contributed by atoms with E-state index in [2.05, 4.69) is 66.0 Å². The Labute approximate surface area is 141 Å². The molecule has 3 heteroatoms. The first-order valence-corrected chi connectivity index (χ1v) is 7.21. The number of nitrogens with zero attached hydrogens (tertiary/aromatic N) is 1. The van der Waals surface area contributed by atoms with Gasteiger partial charge in [0.25, 0.3) is 0 Å². The Bertz CT molecular complexity index is 647. The van der Waals surface area contributed by atoms with Crippen molar-refractivity contribution in [2.45, 2.75) is 13.5 Å². The first-order chi connectivity index (χ1) is 9.29. The third kappa shape index (κ3) is 5.06. The highest BCUT2D eigenvalue weighted by molar-refractivity contribution is 7.07. The number of hydrogen-bond acceptors (Lipinski definition) is 1. The summed E-state index contributed by atoms with van der Waals surface area (Å²) in [6, 6.07) is 14.9. The molecule has 0 unspecified atom stereocenters. The van der Waals surface area contributed by atoms with Gasteiger partial charge in [-0.05, 0) is 23.8 Å². The molecule has 2 aromatic carbocycles. The first kappa shape index (κ1) is 16.9. The predicted molar refractivity (Wildman–Crippen MR) is 83.4 cm³/mol. The van der Waals surface area contributed by atoms with Crippen LogP contribution in [0.3, 0.4) is 0 Å². The zero-order chi connectivity index (χ0) is 13.5. The van der Waals surface area contributed by atoms with Gasteiger partial charge in [-0.1, -0.05) is 65.9 Å². The van der Waals surface area contributed by atoms with Gasteiger partial charge in [0.2, 0.25) is 5.51 Å². The highest BCUT2D eigenvalue weighted by Gasteiger charge is 1.91. The minimum atomic E-state index is 0. The maximum atomic E-state index is 3.62. The normalized spacial score (nSPS) is 9.25. The van der Waals surface area contributed by atoms with Gasteiger partial charge in [0, 0.05) is 0 Å². The molecule has 0 saturated carbocycles. The van der Waals surface area contributed by atoms with E-state index < -0.39 is 0 Å². The summed E-state index contributed by atoms with van der Waals surface area (Å²) in [6.07, 6.45) is 3.92. The third-order valence-electron chi connectivity index (χ3n) is 2.77. The number of rotatable bonds is 2. The predicted octanol–water partition coefficient (Wildman–Crippen LogP) is 1.37. The molecule has 104 valence electrons. The lowest BCUT2D eigenvalue weighted by molar-refractivity contribution is -0.682. The average Bonchev–Trinajstić information content (AvgIpc) is 2.93. The summed E-state index contributed by atoms with van der Waals surface area (Å²) in [5.74, 6) is 0. The Morgan fingerprint density at radius 2 is 1.90 bits per heavy atom. The maximum absolute atomic E-state index is 3.62. The van der Waals surface area contributed by atoms with E-state index in [0.717, 1.165) is 6.54 Å². The van der Waals surface area contributed by atoms with E-state index in [9.17, 15) is 0 Å². The van der Waals surface area contributed by atoms with Crippen molar-refractivity contribution >= 4 is 22.1 Å². The molecule has 0 aliphatic heterocycles. The minimum Gasteiger partial charge on any atom is -1.00 e. The molecule has 0 radical (unpaired) electrons. The lowest BCUT2D eigenvalue weighted by atomic mass is 10.1. The summed E-state index contributed by atoms with van der Waals surface area (Å²) < 4.78 is 2.08. The van der Waals surface area contributed by atoms with Gasteiger partial charge in [-0.2, -0.15) is 4.57 Å². The van der Waals surface area contributed by atoms with E-state index in [4.69, 9.17) is 0 Å². The zero-order valence-electron chi connectivity index (χ0n) is 11.5. The number of fused-ring (bicyclic) bond motifs is 1. The number of thiazole rings is 1. The molecule has 1 aromatic heterocycles. The molecule has 3 rings (SSSR count). The summed E-state index contributed by atoms with van der Waals surface area (Å²) in [5.41, 5.74) is 3.38. The van der Waals surface area contributed by atoms with E-state index in [1.54, 1.807) is 11.3 Å². The second kappa shape index (κ2) is 8.87. The Balaban J connectivity index is 0.000000200. The maximum Gasteiger partial charge on any atom is 0.224 e. The van der Waals surface area contributed by atoms with Crippen molar-refractivity contribution in [2.24, 2.45) is 0 Å². The van der Waals surface area contributed by atoms with Crippen LogP contribution in [0.2, 0.25) is 0 Å². The first-order valence-electron chi connectivity index (χ1n) is 6.27. The Morgan fingerprint density at radius 1 is 1.15 bits per heavy atom. The fourth-order valence-corrected chi connectivity index (χ4v) is 2.43. The van der Waals surface area contributed by atoms with Crippen LogP contribution in [0.15, 0.2) is 72.2 Å².